The molecule has 0 saturated heterocycles. The van der Waals surface area contributed by atoms with Gasteiger partial charge >= 0.3 is 0 Å². The highest BCUT2D eigenvalue weighted by Gasteiger charge is 2.12. The second-order valence-corrected chi connectivity index (χ2v) is 4.29. The number of anilines is 1. The standard InChI is InChI=1S/C15H14N4O/c1-20-14-7-3-2-6-13(14)19-10-12(16)15(18-19)11-5-4-8-17-9-11/h2-10H,16H2,1H3. The second kappa shape index (κ2) is 5.05. The second-order valence-electron chi connectivity index (χ2n) is 4.29. The van der Waals surface area contributed by atoms with Gasteiger partial charge in [-0.1, -0.05) is 12.1 Å². The molecule has 100 valence electrons. The third-order valence-corrected chi connectivity index (χ3v) is 3.01. The molecular formula is C15H14N4O. The fourth-order valence-corrected chi connectivity index (χ4v) is 2.06. The third kappa shape index (κ3) is 2.09. The van der Waals surface area contributed by atoms with E-state index < -0.39 is 0 Å². The Hall–Kier alpha value is -2.82. The Bertz CT molecular complexity index is 722. The average Bonchev–Trinajstić information content (AvgIpc) is 2.90. The topological polar surface area (TPSA) is 66.0 Å². The molecule has 2 N–H and O–H groups in total. The van der Waals surface area contributed by atoms with Gasteiger partial charge in [0.15, 0.2) is 0 Å². The fourth-order valence-electron chi connectivity index (χ4n) is 2.06. The average molecular weight is 266 g/mol. The molecule has 20 heavy (non-hydrogen) atoms. The summed E-state index contributed by atoms with van der Waals surface area (Å²) in [6.07, 6.45) is 5.24. The van der Waals surface area contributed by atoms with Crippen LogP contribution in [0, 0.1) is 0 Å². The highest BCUT2D eigenvalue weighted by Crippen LogP contribution is 2.27. The number of pyridine rings is 1. The van der Waals surface area contributed by atoms with Crippen molar-refractivity contribution in [2.24, 2.45) is 0 Å². The first-order chi connectivity index (χ1) is 9.79. The van der Waals surface area contributed by atoms with E-state index in [-0.39, 0.29) is 0 Å². The van der Waals surface area contributed by atoms with Crippen LogP contribution in [0.1, 0.15) is 0 Å². The number of rotatable bonds is 3. The van der Waals surface area contributed by atoms with Gasteiger partial charge in [0.05, 0.1) is 19.0 Å². The first-order valence-electron chi connectivity index (χ1n) is 6.18. The van der Waals surface area contributed by atoms with Gasteiger partial charge in [0.1, 0.15) is 17.1 Å². The lowest BCUT2D eigenvalue weighted by molar-refractivity contribution is 0.412. The number of hydrogen-bond acceptors (Lipinski definition) is 4. The van der Waals surface area contributed by atoms with Gasteiger partial charge in [-0.2, -0.15) is 5.10 Å². The van der Waals surface area contributed by atoms with E-state index in [1.54, 1.807) is 30.4 Å². The number of nitrogens with two attached hydrogens (primary N) is 1. The highest BCUT2D eigenvalue weighted by atomic mass is 16.5. The minimum Gasteiger partial charge on any atom is -0.494 e. The molecular weight excluding hydrogens is 252 g/mol. The Morgan fingerprint density at radius 1 is 1.15 bits per heavy atom. The summed E-state index contributed by atoms with van der Waals surface area (Å²) in [6, 6.07) is 11.4. The summed E-state index contributed by atoms with van der Waals surface area (Å²) < 4.78 is 7.06. The van der Waals surface area contributed by atoms with Crippen molar-refractivity contribution in [3.05, 3.63) is 55.0 Å². The van der Waals surface area contributed by atoms with Crippen molar-refractivity contribution in [1.29, 1.82) is 0 Å². The predicted molar refractivity (Wildman–Crippen MR) is 77.8 cm³/mol. The number of methoxy groups -OCH3 is 1. The van der Waals surface area contributed by atoms with Crippen LogP contribution in [0.2, 0.25) is 0 Å². The molecule has 0 unspecified atom stereocenters. The minimum atomic E-state index is 0.601. The predicted octanol–water partition coefficient (Wildman–Crippen LogP) is 2.53. The molecule has 0 aliphatic heterocycles. The van der Waals surface area contributed by atoms with Gasteiger partial charge < -0.3 is 10.5 Å². The van der Waals surface area contributed by atoms with Crippen LogP contribution in [0.15, 0.2) is 55.0 Å². The molecule has 0 bridgehead atoms. The molecule has 5 nitrogen and oxygen atoms in total. The van der Waals surface area contributed by atoms with Crippen LogP contribution in [0.25, 0.3) is 16.9 Å². The third-order valence-electron chi connectivity index (χ3n) is 3.01. The van der Waals surface area contributed by atoms with E-state index in [0.717, 1.165) is 17.0 Å². The van der Waals surface area contributed by atoms with Gasteiger partial charge in [-0.05, 0) is 24.3 Å². The smallest absolute Gasteiger partial charge is 0.144 e. The van der Waals surface area contributed by atoms with Gasteiger partial charge in [-0.3, -0.25) is 4.98 Å². The first kappa shape index (κ1) is 12.2. The van der Waals surface area contributed by atoms with Crippen LogP contribution in [-0.4, -0.2) is 21.9 Å². The minimum absolute atomic E-state index is 0.601. The molecule has 1 aromatic carbocycles. The highest BCUT2D eigenvalue weighted by molar-refractivity contribution is 5.72. The molecule has 0 amide bonds. The molecule has 0 aliphatic rings. The van der Waals surface area contributed by atoms with Crippen LogP contribution in [0.3, 0.4) is 0 Å². The lowest BCUT2D eigenvalue weighted by Gasteiger charge is -2.07. The number of nitrogen functional groups attached to an aromatic ring is 1. The van der Waals surface area contributed by atoms with Crippen LogP contribution in [0.4, 0.5) is 5.69 Å². The maximum atomic E-state index is 6.05. The van der Waals surface area contributed by atoms with Crippen LogP contribution in [0.5, 0.6) is 5.75 Å². The number of para-hydroxylation sites is 2. The van der Waals surface area contributed by atoms with Gasteiger partial charge in [-0.15, -0.1) is 0 Å². The van der Waals surface area contributed by atoms with Crippen LogP contribution in [-0.2, 0) is 0 Å². The van der Waals surface area contributed by atoms with Gasteiger partial charge in [0, 0.05) is 18.0 Å². The quantitative estimate of drug-likeness (QED) is 0.791. The van der Waals surface area contributed by atoms with Gasteiger partial charge in [0.2, 0.25) is 0 Å². The van der Waals surface area contributed by atoms with E-state index in [1.807, 2.05) is 36.4 Å². The van der Waals surface area contributed by atoms with Crippen LogP contribution >= 0.6 is 0 Å². The summed E-state index contributed by atoms with van der Waals surface area (Å²) in [5.74, 6) is 0.743. The molecule has 2 aromatic heterocycles. The molecule has 0 atom stereocenters. The van der Waals surface area contributed by atoms with Crippen molar-refractivity contribution >= 4 is 5.69 Å². The van der Waals surface area contributed by atoms with E-state index in [1.165, 1.54) is 0 Å². The molecule has 2 heterocycles. The number of aromatic nitrogens is 3. The Morgan fingerprint density at radius 3 is 2.75 bits per heavy atom. The van der Waals surface area contributed by atoms with Crippen molar-refractivity contribution in [1.82, 2.24) is 14.8 Å². The number of nitrogens with zero attached hydrogens (tertiary/aromatic N) is 3. The van der Waals surface area contributed by atoms with E-state index >= 15 is 0 Å². The normalized spacial score (nSPS) is 10.4. The molecule has 3 aromatic rings. The number of ether oxygens (including phenoxy) is 1. The summed E-state index contributed by atoms with van der Waals surface area (Å²) in [5.41, 5.74) is 9.10. The molecule has 5 heteroatoms. The Labute approximate surface area is 116 Å². The summed E-state index contributed by atoms with van der Waals surface area (Å²) in [5, 5.41) is 4.53. The maximum absolute atomic E-state index is 6.05. The fraction of sp³-hybridized carbons (Fsp3) is 0.0667. The molecule has 3 rings (SSSR count). The van der Waals surface area contributed by atoms with Crippen molar-refractivity contribution in [3.63, 3.8) is 0 Å². The summed E-state index contributed by atoms with van der Waals surface area (Å²) in [7, 11) is 1.63. The Balaban J connectivity index is 2.09. The summed E-state index contributed by atoms with van der Waals surface area (Å²) in [6.45, 7) is 0. The van der Waals surface area contributed by atoms with Crippen molar-refractivity contribution in [2.75, 3.05) is 12.8 Å². The molecule has 0 radical (unpaired) electrons. The molecule has 0 spiro atoms. The van der Waals surface area contributed by atoms with E-state index in [4.69, 9.17) is 10.5 Å². The SMILES string of the molecule is COc1ccccc1-n1cc(N)c(-c2cccnc2)n1. The van der Waals surface area contributed by atoms with Gasteiger partial charge in [0.25, 0.3) is 0 Å². The van der Waals surface area contributed by atoms with Crippen molar-refractivity contribution in [2.45, 2.75) is 0 Å². The largest absolute Gasteiger partial charge is 0.494 e. The summed E-state index contributed by atoms with van der Waals surface area (Å²) in [4.78, 5) is 4.09. The number of hydrogen-bond donors (Lipinski definition) is 1. The lowest BCUT2D eigenvalue weighted by Crippen LogP contribution is -1.98. The Kier molecular flexibility index (Phi) is 3.09. The summed E-state index contributed by atoms with van der Waals surface area (Å²) >= 11 is 0. The van der Waals surface area contributed by atoms with E-state index in [2.05, 4.69) is 10.1 Å². The molecule has 0 fully saturated rings. The first-order valence-corrected chi connectivity index (χ1v) is 6.18. The van der Waals surface area contributed by atoms with Crippen molar-refractivity contribution < 1.29 is 4.74 Å². The van der Waals surface area contributed by atoms with E-state index in [0.29, 0.717) is 11.4 Å². The van der Waals surface area contributed by atoms with E-state index in [9.17, 15) is 0 Å². The zero-order valence-electron chi connectivity index (χ0n) is 11.0. The van der Waals surface area contributed by atoms with Gasteiger partial charge in [-0.25, -0.2) is 4.68 Å². The zero-order chi connectivity index (χ0) is 13.9. The molecule has 0 aliphatic carbocycles. The lowest BCUT2D eigenvalue weighted by atomic mass is 10.2. The van der Waals surface area contributed by atoms with Crippen LogP contribution < -0.4 is 10.5 Å². The zero-order valence-corrected chi connectivity index (χ0v) is 11.0. The monoisotopic (exact) mass is 266 g/mol. The Morgan fingerprint density at radius 2 is 2.00 bits per heavy atom. The number of benzene rings is 1. The molecule has 0 saturated carbocycles. The van der Waals surface area contributed by atoms with Crippen molar-refractivity contribution in [3.8, 4) is 22.7 Å². The maximum Gasteiger partial charge on any atom is 0.144 e.